The van der Waals surface area contributed by atoms with E-state index in [4.69, 9.17) is 25.5 Å². The third-order valence-corrected chi connectivity index (χ3v) is 19.8. The molecule has 11 nitrogen and oxygen atoms in total. The quantitative estimate of drug-likeness (QED) is 0.0188. The molecule has 0 saturated heterocycles. The van der Waals surface area contributed by atoms with Crippen LogP contribution in [0.2, 0.25) is 0 Å². The van der Waals surface area contributed by atoms with E-state index in [0.29, 0.717) is 37.1 Å². The van der Waals surface area contributed by atoms with Gasteiger partial charge in [0, 0.05) is 58.4 Å². The second-order valence-corrected chi connectivity index (χ2v) is 26.8. The number of benzene rings is 10. The molecule has 0 amide bonds. The van der Waals surface area contributed by atoms with Gasteiger partial charge >= 0.3 is 11.9 Å². The highest BCUT2D eigenvalue weighted by atomic mass is 32.2. The number of hydrogen-bond donors (Lipinski definition) is 0. The molecule has 1 unspecified atom stereocenters. The summed E-state index contributed by atoms with van der Waals surface area (Å²) in [5.74, 6) is 0.771. The van der Waals surface area contributed by atoms with Crippen molar-refractivity contribution in [1.82, 2.24) is 0 Å². The number of rotatable bonds is 24. The van der Waals surface area contributed by atoms with E-state index in [-0.39, 0.29) is 54.0 Å². The summed E-state index contributed by atoms with van der Waals surface area (Å²) in [6.07, 6.45) is 13.5. The summed E-state index contributed by atoms with van der Waals surface area (Å²) in [4.78, 5) is 36.4. The van der Waals surface area contributed by atoms with Crippen LogP contribution in [0.1, 0.15) is 75.6 Å². The topological polar surface area (TPSA) is 129 Å². The first-order valence-corrected chi connectivity index (χ1v) is 34.6. The van der Waals surface area contributed by atoms with Crippen molar-refractivity contribution in [2.45, 2.75) is 71.8 Å². The van der Waals surface area contributed by atoms with E-state index in [9.17, 15) is 20.1 Å². The number of ether oxygens (including phenoxy) is 4. The lowest BCUT2D eigenvalue weighted by atomic mass is 9.74. The molecule has 0 aromatic heterocycles. The zero-order valence-corrected chi connectivity index (χ0v) is 57.3. The Balaban J connectivity index is 0.787. The maximum atomic E-state index is 13.7. The fourth-order valence-electron chi connectivity index (χ4n) is 13.8. The molecule has 492 valence electrons. The smallest absolute Gasteiger partial charge is 0.306 e. The fourth-order valence-corrected chi connectivity index (χ4v) is 14.8. The number of nitriles is 2. The minimum atomic E-state index is -1.16. The molecule has 0 fully saturated rings. The van der Waals surface area contributed by atoms with Crippen molar-refractivity contribution in [1.29, 1.82) is 10.5 Å². The van der Waals surface area contributed by atoms with Crippen LogP contribution in [-0.2, 0) is 42.2 Å². The van der Waals surface area contributed by atoms with Gasteiger partial charge in [0.1, 0.15) is 36.7 Å². The Morgan fingerprint density at radius 3 is 1.63 bits per heavy atom. The average Bonchev–Trinajstić information content (AvgIpc) is 1.56. The van der Waals surface area contributed by atoms with Gasteiger partial charge < -0.3 is 28.7 Å². The molecule has 0 spiro atoms. The molecule has 12 heteroatoms. The molecule has 0 saturated carbocycles. The molecule has 99 heavy (non-hydrogen) atoms. The Hall–Kier alpha value is -11.4. The van der Waals surface area contributed by atoms with Gasteiger partial charge in [0.25, 0.3) is 0 Å². The molecule has 1 atom stereocenters. The molecule has 10 aromatic carbocycles. The molecule has 1 heterocycles. The van der Waals surface area contributed by atoms with Gasteiger partial charge in [0.15, 0.2) is 11.3 Å². The Morgan fingerprint density at radius 1 is 0.616 bits per heavy atom. The second kappa shape index (κ2) is 30.8. The Bertz CT molecular complexity index is 4880. The monoisotopic (exact) mass is 1320 g/mol. The number of allylic oxidation sites excluding steroid dienone is 6. The summed E-state index contributed by atoms with van der Waals surface area (Å²) >= 11 is 1.66. The molecule has 12 rings (SSSR count). The predicted molar refractivity (Wildman–Crippen MR) is 403 cm³/mol. The highest BCUT2D eigenvalue weighted by Crippen LogP contribution is 2.50. The Morgan fingerprint density at radius 2 is 1.11 bits per heavy atom. The largest absolute Gasteiger partial charge is 0.497 e. The number of likely N-dealkylation sites (N-methyl/N-ethyl adjacent to an activating group) is 1. The molecule has 0 bridgehead atoms. The van der Waals surface area contributed by atoms with Gasteiger partial charge in [-0.3, -0.25) is 9.59 Å². The zero-order valence-electron chi connectivity index (χ0n) is 56.5. The third kappa shape index (κ3) is 15.3. The van der Waals surface area contributed by atoms with Gasteiger partial charge in [-0.25, -0.2) is 4.85 Å². The van der Waals surface area contributed by atoms with Crippen LogP contribution in [0.15, 0.2) is 275 Å². The number of aryl methyl sites for hydroxylation is 2. The average molecular weight is 1320 g/mol. The van der Waals surface area contributed by atoms with Crippen LogP contribution >= 0.6 is 11.8 Å². The first-order valence-electron chi connectivity index (χ1n) is 33.6. The van der Waals surface area contributed by atoms with Crippen LogP contribution in [-0.4, -0.2) is 51.1 Å². The van der Waals surface area contributed by atoms with Crippen molar-refractivity contribution >= 4 is 95.6 Å². The number of nitrogens with zero attached hydrogens (tertiary/aromatic N) is 5. The maximum absolute atomic E-state index is 13.7. The third-order valence-electron chi connectivity index (χ3n) is 18.6. The summed E-state index contributed by atoms with van der Waals surface area (Å²) < 4.78 is 24.0. The first kappa shape index (κ1) is 67.6. The predicted octanol–water partition coefficient (Wildman–Crippen LogP) is 20.7. The van der Waals surface area contributed by atoms with Crippen LogP contribution in [0, 0.1) is 34.6 Å². The number of thioether (sulfide) groups is 1. The summed E-state index contributed by atoms with van der Waals surface area (Å²) in [7, 11) is 1.67. The minimum Gasteiger partial charge on any atom is -0.497 e. The van der Waals surface area contributed by atoms with E-state index < -0.39 is 5.60 Å². The van der Waals surface area contributed by atoms with Crippen LogP contribution in [0.4, 0.5) is 22.7 Å². The Labute approximate surface area is 584 Å². The van der Waals surface area contributed by atoms with E-state index in [1.54, 1.807) is 18.9 Å². The lowest BCUT2D eigenvalue weighted by Crippen LogP contribution is -2.28. The molecule has 0 N–H and O–H groups in total. The Kier molecular flexibility index (Phi) is 21.0. The van der Waals surface area contributed by atoms with E-state index in [1.165, 1.54) is 5.56 Å². The summed E-state index contributed by atoms with van der Waals surface area (Å²) in [5, 5.41) is 29.2. The summed E-state index contributed by atoms with van der Waals surface area (Å²) in [6.45, 7) is 18.6. The molecule has 0 radical (unpaired) electrons. The number of carbonyl (C=O) groups is 2. The number of anilines is 4. The van der Waals surface area contributed by atoms with Crippen molar-refractivity contribution in [2.75, 3.05) is 49.0 Å². The van der Waals surface area contributed by atoms with Crippen molar-refractivity contribution in [3.63, 3.8) is 0 Å². The second-order valence-electron chi connectivity index (χ2n) is 25.7. The van der Waals surface area contributed by atoms with Crippen molar-refractivity contribution < 1.29 is 28.5 Å². The highest BCUT2D eigenvalue weighted by molar-refractivity contribution is 8.03. The van der Waals surface area contributed by atoms with Crippen LogP contribution in [0.5, 0.6) is 5.75 Å². The van der Waals surface area contributed by atoms with E-state index in [2.05, 4.69) is 199 Å². The van der Waals surface area contributed by atoms with Crippen LogP contribution in [0.3, 0.4) is 0 Å². The van der Waals surface area contributed by atoms with Gasteiger partial charge in [-0.1, -0.05) is 184 Å². The van der Waals surface area contributed by atoms with Crippen molar-refractivity contribution in [2.24, 2.45) is 5.41 Å². The van der Waals surface area contributed by atoms with Gasteiger partial charge in [-0.15, -0.1) is 11.8 Å². The fraction of sp³-hybridized carbons (Fsp3) is 0.207. The van der Waals surface area contributed by atoms with Crippen LogP contribution in [0.25, 0.3) is 54.0 Å². The number of esters is 2. The number of fused-ring (bicyclic) bond motifs is 4. The molecule has 2 aliphatic rings. The normalized spacial score (nSPS) is 15.5. The SMILES string of the molecule is [C-]#[N+]C1=C(/C=C/C=C2\CC(C)(C)CC(/C=C/c3ccc(N(c4ccc(OC)cc4)c4ccc(N(CC)CCOC(=O)CCc5c6ccccc6cc6ccccc56)cc4)cc3)=C2SCCOC(=O)CCc2c3ccccc3cc3ccccc23)C(C)(c2ccccc2)OC1=C(C#N)C#N. The van der Waals surface area contributed by atoms with E-state index in [0.717, 1.165) is 124 Å². The zero-order chi connectivity index (χ0) is 68.9. The van der Waals surface area contributed by atoms with Crippen molar-refractivity contribution in [3.05, 3.63) is 309 Å². The standard InChI is InChI=1S/C87H77N5O6S/c1-7-91(50-51-96-81(93)48-46-78-74-27-15-11-20-61(74)54-62-21-12-16-28-75(62)78)69-38-40-71(41-39-69)92(72-42-44-73(95-6)45-43-72)70-36-33-60(34-37-70)32-35-66-57-86(2,3)56-65(24-19-31-80-83(90-5)84(67(58-88)59-89)98-87(80,4)68-25-9-8-10-26-68)85(66)99-53-52-97-82(94)49-47-79-76-29-17-13-22-63(76)55-64-23-14-18-30-77(64)79/h8-45,54-55H,7,46-53,56-57H2,1-4,6H3/b31-19+,35-32+,65-24+. The lowest BCUT2D eigenvalue weighted by molar-refractivity contribution is -0.144. The maximum Gasteiger partial charge on any atom is 0.306 e. The number of methoxy groups -OCH3 is 1. The van der Waals surface area contributed by atoms with E-state index in [1.807, 2.05) is 97.9 Å². The molecule has 1 aliphatic heterocycles. The lowest BCUT2D eigenvalue weighted by Gasteiger charge is -2.34. The minimum absolute atomic E-state index is 0.0294. The molecule has 10 aromatic rings. The van der Waals surface area contributed by atoms with Gasteiger partial charge in [0.05, 0.1) is 20.2 Å². The van der Waals surface area contributed by atoms with Crippen molar-refractivity contribution in [3.8, 4) is 17.9 Å². The van der Waals surface area contributed by atoms with E-state index >= 15 is 0 Å². The highest BCUT2D eigenvalue weighted by Gasteiger charge is 2.44. The molecular weight excluding hydrogens is 1240 g/mol. The molecular formula is C87H77N5O6S. The van der Waals surface area contributed by atoms with Gasteiger partial charge in [-0.05, 0) is 194 Å². The molecule has 1 aliphatic carbocycles. The van der Waals surface area contributed by atoms with Gasteiger partial charge in [-0.2, -0.15) is 10.5 Å². The number of hydrogen-bond acceptors (Lipinski definition) is 11. The van der Waals surface area contributed by atoms with Crippen LogP contribution < -0.4 is 14.5 Å². The summed E-state index contributed by atoms with van der Waals surface area (Å²) in [5.41, 5.74) is 9.25. The summed E-state index contributed by atoms with van der Waals surface area (Å²) in [6, 6.07) is 76.2. The number of carbonyl (C=O) groups excluding carboxylic acids is 2. The first-order chi connectivity index (χ1) is 48.3. The van der Waals surface area contributed by atoms with Gasteiger partial charge in [0.2, 0.25) is 5.70 Å².